The van der Waals surface area contributed by atoms with E-state index in [0.29, 0.717) is 31.7 Å². The number of aliphatic carboxylic acids is 1. The van der Waals surface area contributed by atoms with Crippen molar-refractivity contribution in [3.05, 3.63) is 35.4 Å². The van der Waals surface area contributed by atoms with Crippen LogP contribution in [0.2, 0.25) is 0 Å². The second-order valence-corrected chi connectivity index (χ2v) is 6.92. The van der Waals surface area contributed by atoms with Crippen LogP contribution in [-0.2, 0) is 9.59 Å². The second kappa shape index (κ2) is 7.01. The quantitative estimate of drug-likeness (QED) is 0.853. The van der Waals surface area contributed by atoms with E-state index in [-0.39, 0.29) is 30.5 Å². The van der Waals surface area contributed by atoms with E-state index in [1.807, 2.05) is 0 Å². The van der Waals surface area contributed by atoms with Gasteiger partial charge in [0.2, 0.25) is 5.91 Å². The fourth-order valence-electron chi connectivity index (χ4n) is 3.44. The zero-order valence-electron chi connectivity index (χ0n) is 14.1. The van der Waals surface area contributed by atoms with Crippen molar-refractivity contribution in [1.82, 2.24) is 10.2 Å². The Kier molecular flexibility index (Phi) is 4.93. The molecule has 2 amide bonds. The van der Waals surface area contributed by atoms with E-state index in [9.17, 15) is 28.3 Å². The van der Waals surface area contributed by atoms with Gasteiger partial charge in [-0.05, 0) is 44.2 Å². The Morgan fingerprint density at radius 2 is 1.81 bits per heavy atom. The van der Waals surface area contributed by atoms with Gasteiger partial charge in [-0.2, -0.15) is 0 Å². The van der Waals surface area contributed by atoms with Gasteiger partial charge in [0.05, 0.1) is 5.56 Å². The molecule has 140 valence electrons. The topological polar surface area (TPSA) is 86.7 Å². The Morgan fingerprint density at radius 1 is 1.15 bits per heavy atom. The van der Waals surface area contributed by atoms with Gasteiger partial charge in [-0.15, -0.1) is 0 Å². The third-order valence-corrected chi connectivity index (χ3v) is 5.29. The Hall–Kier alpha value is -2.51. The number of benzene rings is 1. The number of carboxylic acid groups (broad SMARTS) is 1. The Balaban J connectivity index is 1.58. The highest BCUT2D eigenvalue weighted by Crippen LogP contribution is 2.33. The molecule has 0 spiro atoms. The molecule has 1 aliphatic carbocycles. The molecule has 1 aromatic rings. The maximum absolute atomic E-state index is 13.8. The SMILES string of the molecule is O=C(NC1(C(=O)O)CCC1)C1CCN(C(=O)c2ccc(F)cc2F)CC1. The van der Waals surface area contributed by atoms with Gasteiger partial charge in [0.1, 0.15) is 17.2 Å². The van der Waals surface area contributed by atoms with E-state index < -0.39 is 29.0 Å². The predicted octanol–water partition coefficient (Wildman–Crippen LogP) is 1.94. The molecule has 2 N–H and O–H groups in total. The molecule has 1 aromatic carbocycles. The molecular formula is C18H20F2N2O4. The number of carbonyl (C=O) groups excluding carboxylic acids is 2. The number of piperidine rings is 1. The van der Waals surface area contributed by atoms with Gasteiger partial charge in [0.15, 0.2) is 0 Å². The lowest BCUT2D eigenvalue weighted by molar-refractivity contribution is -0.152. The van der Waals surface area contributed by atoms with Crippen molar-refractivity contribution in [3.63, 3.8) is 0 Å². The molecule has 0 unspecified atom stereocenters. The van der Waals surface area contributed by atoms with E-state index in [1.165, 1.54) is 4.90 Å². The lowest BCUT2D eigenvalue weighted by Crippen LogP contribution is -2.60. The van der Waals surface area contributed by atoms with Crippen LogP contribution in [0.15, 0.2) is 18.2 Å². The van der Waals surface area contributed by atoms with Crippen LogP contribution >= 0.6 is 0 Å². The molecule has 2 fully saturated rings. The molecule has 1 heterocycles. The summed E-state index contributed by atoms with van der Waals surface area (Å²) in [6.07, 6.45) is 2.36. The fraction of sp³-hybridized carbons (Fsp3) is 0.500. The Labute approximate surface area is 149 Å². The van der Waals surface area contributed by atoms with Crippen LogP contribution < -0.4 is 5.32 Å². The zero-order valence-corrected chi connectivity index (χ0v) is 14.1. The number of amides is 2. The highest BCUT2D eigenvalue weighted by Gasteiger charge is 2.46. The van der Waals surface area contributed by atoms with E-state index in [0.717, 1.165) is 18.6 Å². The minimum absolute atomic E-state index is 0.200. The number of nitrogens with zero attached hydrogens (tertiary/aromatic N) is 1. The standard InChI is InChI=1S/C18H20F2N2O4/c19-12-2-3-13(14(20)10-12)16(24)22-8-4-11(5-9-22)15(23)21-18(17(25)26)6-1-7-18/h2-3,10-11H,1,4-9H2,(H,21,23)(H,25,26). The van der Waals surface area contributed by atoms with E-state index in [2.05, 4.69) is 5.32 Å². The van der Waals surface area contributed by atoms with Crippen LogP contribution in [0.25, 0.3) is 0 Å². The number of likely N-dealkylation sites (tertiary alicyclic amines) is 1. The maximum Gasteiger partial charge on any atom is 0.329 e. The van der Waals surface area contributed by atoms with Crippen molar-refractivity contribution < 1.29 is 28.3 Å². The van der Waals surface area contributed by atoms with Gasteiger partial charge in [-0.25, -0.2) is 13.6 Å². The second-order valence-electron chi connectivity index (χ2n) is 6.92. The molecule has 1 saturated carbocycles. The van der Waals surface area contributed by atoms with Crippen LogP contribution in [0.1, 0.15) is 42.5 Å². The van der Waals surface area contributed by atoms with Gasteiger partial charge < -0.3 is 15.3 Å². The Bertz CT molecular complexity index is 741. The van der Waals surface area contributed by atoms with E-state index >= 15 is 0 Å². The summed E-state index contributed by atoms with van der Waals surface area (Å²) in [5, 5.41) is 11.9. The summed E-state index contributed by atoms with van der Waals surface area (Å²) in [7, 11) is 0. The van der Waals surface area contributed by atoms with Crippen molar-refractivity contribution in [2.45, 2.75) is 37.6 Å². The van der Waals surface area contributed by atoms with Crippen molar-refractivity contribution in [2.24, 2.45) is 5.92 Å². The zero-order chi connectivity index (χ0) is 18.9. The number of rotatable bonds is 4. The first-order valence-corrected chi connectivity index (χ1v) is 8.62. The summed E-state index contributed by atoms with van der Waals surface area (Å²) in [4.78, 5) is 37.5. The summed E-state index contributed by atoms with van der Waals surface area (Å²) in [6, 6.07) is 2.80. The first-order chi connectivity index (χ1) is 12.3. The van der Waals surface area contributed by atoms with Gasteiger partial charge >= 0.3 is 5.97 Å². The summed E-state index contributed by atoms with van der Waals surface area (Å²) in [5.41, 5.74) is -1.35. The molecule has 3 rings (SSSR count). The molecule has 1 aliphatic heterocycles. The number of carbonyl (C=O) groups is 3. The highest BCUT2D eigenvalue weighted by molar-refractivity contribution is 5.95. The first kappa shape index (κ1) is 18.3. The van der Waals surface area contributed by atoms with Crippen molar-refractivity contribution in [1.29, 1.82) is 0 Å². The molecule has 6 nitrogen and oxygen atoms in total. The Morgan fingerprint density at radius 3 is 2.31 bits per heavy atom. The minimum atomic E-state index is -1.15. The summed E-state index contributed by atoms with van der Waals surface area (Å²) >= 11 is 0. The lowest BCUT2D eigenvalue weighted by atomic mass is 9.76. The normalized spacial score (nSPS) is 19.5. The molecular weight excluding hydrogens is 346 g/mol. The molecule has 1 saturated heterocycles. The molecule has 0 aromatic heterocycles. The highest BCUT2D eigenvalue weighted by atomic mass is 19.1. The fourth-order valence-corrected chi connectivity index (χ4v) is 3.44. The number of hydrogen-bond acceptors (Lipinski definition) is 3. The third kappa shape index (κ3) is 3.40. The van der Waals surface area contributed by atoms with Crippen molar-refractivity contribution >= 4 is 17.8 Å². The van der Waals surface area contributed by atoms with Crippen LogP contribution in [0.3, 0.4) is 0 Å². The van der Waals surface area contributed by atoms with E-state index in [1.54, 1.807) is 0 Å². The molecule has 26 heavy (non-hydrogen) atoms. The average molecular weight is 366 g/mol. The number of nitrogens with one attached hydrogen (secondary N) is 1. The van der Waals surface area contributed by atoms with Crippen molar-refractivity contribution in [3.8, 4) is 0 Å². The first-order valence-electron chi connectivity index (χ1n) is 8.62. The van der Waals surface area contributed by atoms with E-state index in [4.69, 9.17) is 0 Å². The summed E-state index contributed by atoms with van der Waals surface area (Å²) < 4.78 is 26.7. The van der Waals surface area contributed by atoms with Crippen LogP contribution in [0, 0.1) is 17.6 Å². The summed E-state index contributed by atoms with van der Waals surface area (Å²) in [5.74, 6) is -3.92. The third-order valence-electron chi connectivity index (χ3n) is 5.29. The van der Waals surface area contributed by atoms with Gasteiger partial charge in [0, 0.05) is 25.1 Å². The van der Waals surface area contributed by atoms with Crippen LogP contribution in [0.4, 0.5) is 8.78 Å². The van der Waals surface area contributed by atoms with Crippen LogP contribution in [-0.4, -0.2) is 46.4 Å². The smallest absolute Gasteiger partial charge is 0.329 e. The lowest BCUT2D eigenvalue weighted by Gasteiger charge is -2.40. The number of hydrogen-bond donors (Lipinski definition) is 2. The number of carboxylic acids is 1. The largest absolute Gasteiger partial charge is 0.480 e. The average Bonchev–Trinajstić information content (AvgIpc) is 2.57. The molecule has 0 atom stereocenters. The minimum Gasteiger partial charge on any atom is -0.480 e. The summed E-state index contributed by atoms with van der Waals surface area (Å²) in [6.45, 7) is 0.515. The maximum atomic E-state index is 13.8. The molecule has 8 heteroatoms. The van der Waals surface area contributed by atoms with Gasteiger partial charge in [-0.3, -0.25) is 9.59 Å². The van der Waals surface area contributed by atoms with Crippen LogP contribution in [0.5, 0.6) is 0 Å². The van der Waals surface area contributed by atoms with Gasteiger partial charge in [0.25, 0.3) is 5.91 Å². The molecule has 2 aliphatic rings. The molecule has 0 bridgehead atoms. The van der Waals surface area contributed by atoms with Crippen molar-refractivity contribution in [2.75, 3.05) is 13.1 Å². The number of halogens is 2. The van der Waals surface area contributed by atoms with Gasteiger partial charge in [-0.1, -0.05) is 0 Å². The predicted molar refractivity (Wildman–Crippen MR) is 87.3 cm³/mol. The monoisotopic (exact) mass is 366 g/mol. The molecule has 0 radical (unpaired) electrons.